The Morgan fingerprint density at radius 2 is 0.897 bits per heavy atom. The fourth-order valence-corrected chi connectivity index (χ4v) is 1.65. The molecule has 0 unspecified atom stereocenters. The van der Waals surface area contributed by atoms with Crippen molar-refractivity contribution in [3.63, 3.8) is 0 Å². The average Bonchev–Trinajstić information content (AvgIpc) is 2.74. The van der Waals surface area contributed by atoms with E-state index < -0.39 is 0 Å². The number of rotatable bonds is 9. The van der Waals surface area contributed by atoms with Gasteiger partial charge in [0.05, 0.1) is 0 Å². The minimum atomic E-state index is -0.118. The van der Waals surface area contributed by atoms with E-state index in [1.54, 1.807) is 42.8 Å². The molecule has 29 heavy (non-hydrogen) atoms. The van der Waals surface area contributed by atoms with Crippen LogP contribution in [0.15, 0.2) is 0 Å². The highest BCUT2D eigenvalue weighted by Crippen LogP contribution is 2.00. The Kier molecular flexibility index (Phi) is 31.8. The van der Waals surface area contributed by atoms with E-state index in [-0.39, 0.29) is 24.1 Å². The van der Waals surface area contributed by atoms with Crippen LogP contribution >= 0.6 is 0 Å². The Morgan fingerprint density at radius 1 is 0.586 bits per heavy atom. The Bertz CT molecular complexity index is 364. The third kappa shape index (κ3) is 26.4. The largest absolute Gasteiger partial charge is 0.346 e. The lowest BCUT2D eigenvalue weighted by Gasteiger charge is -2.17. The van der Waals surface area contributed by atoms with Crippen LogP contribution in [-0.2, 0) is 14.4 Å². The van der Waals surface area contributed by atoms with Gasteiger partial charge in [-0.1, -0.05) is 59.8 Å². The molecule has 0 fully saturated rings. The molecule has 0 aromatic rings. The summed E-state index contributed by atoms with van der Waals surface area (Å²) in [5.41, 5.74) is 0. The molecule has 0 spiro atoms. The molecule has 176 valence electrons. The molecule has 6 nitrogen and oxygen atoms in total. The van der Waals surface area contributed by atoms with Crippen LogP contribution in [0, 0.1) is 0 Å². The number of unbranched alkanes of at least 4 members (excludes halogenated alkanes) is 4. The van der Waals surface area contributed by atoms with Gasteiger partial charge in [0.1, 0.15) is 6.42 Å². The van der Waals surface area contributed by atoms with Crippen LogP contribution in [-0.4, -0.2) is 73.2 Å². The van der Waals surface area contributed by atoms with Crippen LogP contribution in [0.2, 0.25) is 0 Å². The van der Waals surface area contributed by atoms with Gasteiger partial charge in [-0.2, -0.15) is 0 Å². The molecule has 3 amide bonds. The van der Waals surface area contributed by atoms with E-state index in [0.717, 1.165) is 6.54 Å². The summed E-state index contributed by atoms with van der Waals surface area (Å²) in [5.74, 6) is -0.108. The maximum Gasteiger partial charge on any atom is 0.231 e. The molecule has 0 aromatic heterocycles. The summed E-state index contributed by atoms with van der Waals surface area (Å²) in [6.45, 7) is 17.8. The first kappa shape index (κ1) is 34.9. The molecule has 6 heteroatoms. The number of nitrogens with zero attached hydrogens (tertiary/aromatic N) is 3. The fraction of sp³-hybridized carbons (Fsp3) is 0.870. The zero-order valence-corrected chi connectivity index (χ0v) is 21.4. The molecule has 0 aromatic carbocycles. The van der Waals surface area contributed by atoms with Gasteiger partial charge in [-0.3, -0.25) is 14.4 Å². The van der Waals surface area contributed by atoms with Crippen molar-refractivity contribution >= 4 is 17.7 Å². The normalized spacial score (nSPS) is 8.79. The number of hydrogen-bond donors (Lipinski definition) is 0. The summed E-state index contributed by atoms with van der Waals surface area (Å²) in [5, 5.41) is 0. The van der Waals surface area contributed by atoms with Crippen LogP contribution < -0.4 is 0 Å². The van der Waals surface area contributed by atoms with Gasteiger partial charge in [0, 0.05) is 47.7 Å². The van der Waals surface area contributed by atoms with Crippen molar-refractivity contribution < 1.29 is 14.4 Å². The Balaban J connectivity index is -0.000000167. The Labute approximate surface area is 182 Å². The van der Waals surface area contributed by atoms with Crippen LogP contribution in [0.3, 0.4) is 0 Å². The molecule has 0 heterocycles. The second kappa shape index (κ2) is 26.4. The van der Waals surface area contributed by atoms with E-state index in [2.05, 4.69) is 13.8 Å². The monoisotopic (exact) mass is 417 g/mol. The molecular weight excluding hydrogens is 366 g/mol. The highest BCUT2D eigenvalue weighted by molar-refractivity contribution is 5.96. The van der Waals surface area contributed by atoms with Gasteiger partial charge in [-0.25, -0.2) is 0 Å². The molecule has 0 aliphatic carbocycles. The minimum absolute atomic E-state index is 0.0192. The van der Waals surface area contributed by atoms with Crippen molar-refractivity contribution in [2.75, 3.05) is 40.8 Å². The van der Waals surface area contributed by atoms with E-state index >= 15 is 0 Å². The maximum absolute atomic E-state index is 11.3. The van der Waals surface area contributed by atoms with Crippen molar-refractivity contribution in [1.29, 1.82) is 0 Å². The summed E-state index contributed by atoms with van der Waals surface area (Å²) in [7, 11) is 5.17. The standard InChI is InChI=1S/C9H18N2O2.C7H16.C5H11NO.C2H6/c1-5-10(3)8(12)7-9(13)11(4)6-2;1-3-5-7-6-4-2;1-4-6(3)5(2)7;1-2/h5-7H2,1-4H3;3-7H2,1-2H3;4H2,1-3H3;1-2H3. The average molecular weight is 418 g/mol. The van der Waals surface area contributed by atoms with Gasteiger partial charge in [0.15, 0.2) is 0 Å². The van der Waals surface area contributed by atoms with Gasteiger partial charge in [0.2, 0.25) is 17.7 Å². The third-order valence-corrected chi connectivity index (χ3v) is 4.32. The van der Waals surface area contributed by atoms with Crippen molar-refractivity contribution in [3.05, 3.63) is 0 Å². The molecule has 0 rings (SSSR count). The predicted molar refractivity (Wildman–Crippen MR) is 126 cm³/mol. The molecule has 0 radical (unpaired) electrons. The van der Waals surface area contributed by atoms with Crippen molar-refractivity contribution in [1.82, 2.24) is 14.7 Å². The van der Waals surface area contributed by atoms with Gasteiger partial charge in [-0.15, -0.1) is 0 Å². The maximum atomic E-state index is 11.3. The van der Waals surface area contributed by atoms with Gasteiger partial charge in [-0.05, 0) is 20.8 Å². The minimum Gasteiger partial charge on any atom is -0.346 e. The Morgan fingerprint density at radius 3 is 1.07 bits per heavy atom. The van der Waals surface area contributed by atoms with Gasteiger partial charge >= 0.3 is 0 Å². The molecular formula is C23H51N3O3. The SMILES string of the molecule is CC.CCCCCCC.CCN(C)C(=O)CC(=O)N(C)CC.CCN(C)C(C)=O. The summed E-state index contributed by atoms with van der Waals surface area (Å²) in [6.07, 6.45) is 6.99. The quantitative estimate of drug-likeness (QED) is 0.399. The fourth-order valence-electron chi connectivity index (χ4n) is 1.65. The summed E-state index contributed by atoms with van der Waals surface area (Å²) in [4.78, 5) is 37.6. The van der Waals surface area contributed by atoms with E-state index in [4.69, 9.17) is 0 Å². The van der Waals surface area contributed by atoms with Gasteiger partial charge < -0.3 is 14.7 Å². The van der Waals surface area contributed by atoms with E-state index in [1.807, 2.05) is 34.6 Å². The lowest BCUT2D eigenvalue weighted by atomic mass is 10.2. The molecule has 0 atom stereocenters. The second-order valence-electron chi connectivity index (χ2n) is 6.59. The first-order chi connectivity index (χ1) is 13.6. The number of amides is 3. The zero-order chi connectivity index (χ0) is 23.8. The Hall–Kier alpha value is -1.59. The summed E-state index contributed by atoms with van der Waals surface area (Å²) < 4.78 is 0. The molecule has 0 bridgehead atoms. The molecule has 0 N–H and O–H groups in total. The predicted octanol–water partition coefficient (Wildman–Crippen LogP) is 4.82. The van der Waals surface area contributed by atoms with E-state index in [9.17, 15) is 14.4 Å². The van der Waals surface area contributed by atoms with Crippen LogP contribution in [0.25, 0.3) is 0 Å². The number of hydrogen-bond acceptors (Lipinski definition) is 3. The van der Waals surface area contributed by atoms with Crippen molar-refractivity contribution in [2.24, 2.45) is 0 Å². The first-order valence-corrected chi connectivity index (χ1v) is 11.3. The van der Waals surface area contributed by atoms with Crippen LogP contribution in [0.4, 0.5) is 0 Å². The highest BCUT2D eigenvalue weighted by atomic mass is 16.2. The molecule has 0 saturated carbocycles. The topological polar surface area (TPSA) is 60.9 Å². The van der Waals surface area contributed by atoms with Crippen molar-refractivity contribution in [3.8, 4) is 0 Å². The van der Waals surface area contributed by atoms with Crippen LogP contribution in [0.5, 0.6) is 0 Å². The number of carbonyl (C=O) groups excluding carboxylic acids is 3. The second-order valence-corrected chi connectivity index (χ2v) is 6.59. The number of carbonyl (C=O) groups is 3. The van der Waals surface area contributed by atoms with Gasteiger partial charge in [0.25, 0.3) is 0 Å². The van der Waals surface area contributed by atoms with E-state index in [1.165, 1.54) is 32.1 Å². The molecule has 0 saturated heterocycles. The summed E-state index contributed by atoms with van der Waals surface area (Å²) >= 11 is 0. The molecule has 0 aliphatic heterocycles. The smallest absolute Gasteiger partial charge is 0.231 e. The highest BCUT2D eigenvalue weighted by Gasteiger charge is 2.14. The van der Waals surface area contributed by atoms with E-state index in [0.29, 0.717) is 13.1 Å². The summed E-state index contributed by atoms with van der Waals surface area (Å²) in [6, 6.07) is 0. The van der Waals surface area contributed by atoms with Crippen LogP contribution in [0.1, 0.15) is 93.9 Å². The lowest BCUT2D eigenvalue weighted by Crippen LogP contribution is -2.34. The third-order valence-electron chi connectivity index (χ3n) is 4.32. The first-order valence-electron chi connectivity index (χ1n) is 11.3. The molecule has 0 aliphatic rings. The lowest BCUT2D eigenvalue weighted by molar-refractivity contribution is -0.139. The van der Waals surface area contributed by atoms with Crippen molar-refractivity contribution in [2.45, 2.75) is 93.9 Å². The zero-order valence-electron chi connectivity index (χ0n) is 21.4.